The summed E-state index contributed by atoms with van der Waals surface area (Å²) in [7, 11) is 0. The van der Waals surface area contributed by atoms with Crippen LogP contribution in [-0.2, 0) is 20.8 Å². The molecule has 9 heteroatoms. The number of anilines is 1. The smallest absolute Gasteiger partial charge is 0.308 e. The van der Waals surface area contributed by atoms with Crippen molar-refractivity contribution in [1.29, 1.82) is 0 Å². The van der Waals surface area contributed by atoms with Crippen molar-refractivity contribution in [2.45, 2.75) is 37.8 Å². The summed E-state index contributed by atoms with van der Waals surface area (Å²) in [5.74, 6) is -0.212. The zero-order valence-corrected chi connectivity index (χ0v) is 19.8. The summed E-state index contributed by atoms with van der Waals surface area (Å²) >= 11 is -1.27. The number of amides is 1. The fourth-order valence-corrected chi connectivity index (χ4v) is 3.84. The van der Waals surface area contributed by atoms with Crippen molar-refractivity contribution in [2.24, 2.45) is 0 Å². The van der Waals surface area contributed by atoms with Gasteiger partial charge in [0.15, 0.2) is 4.90 Å². The van der Waals surface area contributed by atoms with Crippen LogP contribution in [0, 0.1) is 0 Å². The number of carbonyl (C=O) groups is 2. The Balaban J connectivity index is 1.94. The number of hydrogen-bond acceptors (Lipinski definition) is 7. The van der Waals surface area contributed by atoms with Gasteiger partial charge in [0, 0.05) is 31.1 Å². The number of esters is 1. The molecule has 0 spiro atoms. The third-order valence-electron chi connectivity index (χ3n) is 4.85. The van der Waals surface area contributed by atoms with E-state index in [0.29, 0.717) is 39.6 Å². The number of aliphatic hydroxyl groups excluding tert-OH is 1. The number of hydrogen-bond donors (Lipinski definition) is 3. The average Bonchev–Trinajstić information content (AvgIpc) is 3.07. The number of nitrogens with one attached hydrogen (secondary N) is 2. The van der Waals surface area contributed by atoms with Crippen LogP contribution in [0.15, 0.2) is 41.3 Å². The fourth-order valence-electron chi connectivity index (χ4n) is 3.30. The second-order valence-corrected chi connectivity index (χ2v) is 9.35. The van der Waals surface area contributed by atoms with E-state index in [4.69, 9.17) is 9.47 Å². The van der Waals surface area contributed by atoms with Gasteiger partial charge in [-0.1, -0.05) is 19.9 Å². The SMILES string of the molecule is CC(=O)Oc1cc([S+](C)[O-])ccc1C=C1C(=O)Nc2cccc(OCC(O)CNC(C)C)c21. The lowest BCUT2D eigenvalue weighted by Crippen LogP contribution is -2.35. The quantitative estimate of drug-likeness (QED) is 0.222. The maximum Gasteiger partial charge on any atom is 0.308 e. The normalized spacial score (nSPS) is 15.8. The lowest BCUT2D eigenvalue weighted by molar-refractivity contribution is -0.131. The van der Waals surface area contributed by atoms with Crippen LogP contribution in [0.25, 0.3) is 11.6 Å². The van der Waals surface area contributed by atoms with Crippen molar-refractivity contribution in [2.75, 3.05) is 24.7 Å². The molecule has 2 aromatic carbocycles. The van der Waals surface area contributed by atoms with Gasteiger partial charge in [0.25, 0.3) is 5.91 Å². The van der Waals surface area contributed by atoms with Crippen molar-refractivity contribution in [3.63, 3.8) is 0 Å². The van der Waals surface area contributed by atoms with Crippen LogP contribution in [0.4, 0.5) is 5.69 Å². The van der Waals surface area contributed by atoms with E-state index in [1.54, 1.807) is 36.4 Å². The molecule has 0 bridgehead atoms. The molecule has 0 radical (unpaired) electrons. The highest BCUT2D eigenvalue weighted by Gasteiger charge is 2.28. The average molecular weight is 473 g/mol. The Labute approximate surface area is 196 Å². The molecule has 176 valence electrons. The van der Waals surface area contributed by atoms with Gasteiger partial charge >= 0.3 is 5.97 Å². The molecule has 8 nitrogen and oxygen atoms in total. The van der Waals surface area contributed by atoms with Gasteiger partial charge < -0.3 is 29.8 Å². The summed E-state index contributed by atoms with van der Waals surface area (Å²) in [5, 5.41) is 16.1. The van der Waals surface area contributed by atoms with Gasteiger partial charge in [-0.15, -0.1) is 0 Å². The minimum Gasteiger partial charge on any atom is -0.612 e. The summed E-state index contributed by atoms with van der Waals surface area (Å²) in [6, 6.07) is 10.3. The first kappa shape index (κ1) is 24.8. The Morgan fingerprint density at radius 2 is 2.03 bits per heavy atom. The van der Waals surface area contributed by atoms with E-state index in [9.17, 15) is 19.2 Å². The number of ether oxygens (including phenoxy) is 2. The number of carbonyl (C=O) groups excluding carboxylic acids is 2. The van der Waals surface area contributed by atoms with Gasteiger partial charge in [0.1, 0.15) is 30.5 Å². The molecule has 2 aromatic rings. The maximum atomic E-state index is 12.8. The predicted molar refractivity (Wildman–Crippen MR) is 128 cm³/mol. The van der Waals surface area contributed by atoms with Gasteiger partial charge in [-0.05, 0) is 41.5 Å². The lowest BCUT2D eigenvalue weighted by Gasteiger charge is -2.16. The van der Waals surface area contributed by atoms with Crippen LogP contribution in [0.5, 0.6) is 11.5 Å². The first-order chi connectivity index (χ1) is 15.7. The summed E-state index contributed by atoms with van der Waals surface area (Å²) < 4.78 is 23.0. The highest BCUT2D eigenvalue weighted by molar-refractivity contribution is 7.90. The largest absolute Gasteiger partial charge is 0.612 e. The van der Waals surface area contributed by atoms with Gasteiger partial charge in [0.05, 0.1) is 16.8 Å². The van der Waals surface area contributed by atoms with Gasteiger partial charge in [0.2, 0.25) is 0 Å². The van der Waals surface area contributed by atoms with E-state index in [0.717, 1.165) is 0 Å². The van der Waals surface area contributed by atoms with E-state index in [1.807, 2.05) is 13.8 Å². The second kappa shape index (κ2) is 10.8. The zero-order chi connectivity index (χ0) is 24.1. The monoisotopic (exact) mass is 472 g/mol. The molecule has 0 saturated heterocycles. The van der Waals surface area contributed by atoms with Crippen molar-refractivity contribution in [3.05, 3.63) is 47.5 Å². The number of aliphatic hydroxyl groups is 1. The summed E-state index contributed by atoms with van der Waals surface area (Å²) in [6.45, 7) is 5.67. The summed E-state index contributed by atoms with van der Waals surface area (Å²) in [6.07, 6.45) is 2.41. The molecule has 0 aromatic heterocycles. The predicted octanol–water partition coefficient (Wildman–Crippen LogP) is 2.58. The molecular weight excluding hydrogens is 444 g/mol. The molecular formula is C24H28N2O6S. The van der Waals surface area contributed by atoms with E-state index >= 15 is 0 Å². The molecule has 1 aliphatic heterocycles. The molecule has 0 saturated carbocycles. The lowest BCUT2D eigenvalue weighted by atomic mass is 10.0. The van der Waals surface area contributed by atoms with E-state index < -0.39 is 23.2 Å². The molecule has 3 N–H and O–H groups in total. The highest BCUT2D eigenvalue weighted by Crippen LogP contribution is 2.41. The Kier molecular flexibility index (Phi) is 8.15. The van der Waals surface area contributed by atoms with Crippen LogP contribution in [0.2, 0.25) is 0 Å². The molecule has 1 heterocycles. The van der Waals surface area contributed by atoms with Crippen molar-refractivity contribution >= 4 is 40.4 Å². The highest BCUT2D eigenvalue weighted by atomic mass is 32.2. The minimum atomic E-state index is -1.27. The first-order valence-electron chi connectivity index (χ1n) is 10.5. The van der Waals surface area contributed by atoms with Crippen LogP contribution in [0.1, 0.15) is 31.9 Å². The van der Waals surface area contributed by atoms with Gasteiger partial charge in [-0.25, -0.2) is 0 Å². The Morgan fingerprint density at radius 3 is 2.70 bits per heavy atom. The molecule has 0 fully saturated rings. The number of fused-ring (bicyclic) bond motifs is 1. The molecule has 3 rings (SSSR count). The molecule has 1 amide bonds. The standard InChI is InChI=1S/C24H28N2O6S/c1-14(2)25-12-17(28)13-31-21-7-5-6-20-23(21)19(24(29)26-20)10-16-8-9-18(33(4)30)11-22(16)32-15(3)27/h5-11,14,17,25,28H,12-13H2,1-4H3,(H,26,29). The Hall–Kier alpha value is -2.85. The minimum absolute atomic E-state index is 0.0490. The van der Waals surface area contributed by atoms with Crippen molar-refractivity contribution in [1.82, 2.24) is 5.32 Å². The third-order valence-corrected chi connectivity index (χ3v) is 5.77. The fraction of sp³-hybridized carbons (Fsp3) is 0.333. The van der Waals surface area contributed by atoms with E-state index in [-0.39, 0.29) is 24.3 Å². The summed E-state index contributed by atoms with van der Waals surface area (Å²) in [5.41, 5.74) is 1.95. The van der Waals surface area contributed by atoms with E-state index in [1.165, 1.54) is 19.2 Å². The maximum absolute atomic E-state index is 12.8. The zero-order valence-electron chi connectivity index (χ0n) is 19.0. The topological polar surface area (TPSA) is 120 Å². The second-order valence-electron chi connectivity index (χ2n) is 7.97. The van der Waals surface area contributed by atoms with Crippen molar-refractivity contribution in [3.8, 4) is 11.5 Å². The molecule has 0 aliphatic carbocycles. The first-order valence-corrected chi connectivity index (χ1v) is 12.1. The molecule has 2 atom stereocenters. The Bertz CT molecular complexity index is 1070. The molecule has 33 heavy (non-hydrogen) atoms. The van der Waals surface area contributed by atoms with Gasteiger partial charge in [-0.2, -0.15) is 0 Å². The molecule has 2 unspecified atom stereocenters. The third kappa shape index (κ3) is 6.35. The van der Waals surface area contributed by atoms with Crippen molar-refractivity contribution < 1.29 is 28.7 Å². The summed E-state index contributed by atoms with van der Waals surface area (Å²) in [4.78, 5) is 24.9. The van der Waals surface area contributed by atoms with E-state index in [2.05, 4.69) is 10.6 Å². The van der Waals surface area contributed by atoms with Crippen LogP contribution >= 0.6 is 0 Å². The van der Waals surface area contributed by atoms with Gasteiger partial charge in [-0.3, -0.25) is 9.59 Å². The van der Waals surface area contributed by atoms with Crippen LogP contribution in [0.3, 0.4) is 0 Å². The molecule has 1 aliphatic rings. The number of rotatable bonds is 9. The van der Waals surface area contributed by atoms with Crippen LogP contribution in [-0.4, -0.2) is 53.1 Å². The van der Waals surface area contributed by atoms with Crippen LogP contribution < -0.4 is 20.1 Å². The number of benzene rings is 2. The Morgan fingerprint density at radius 1 is 1.27 bits per heavy atom.